The predicted molar refractivity (Wildman–Crippen MR) is 127 cm³/mol. The van der Waals surface area contributed by atoms with Crippen LogP contribution in [-0.4, -0.2) is 49.6 Å². The van der Waals surface area contributed by atoms with Crippen molar-refractivity contribution in [2.24, 2.45) is 0 Å². The van der Waals surface area contributed by atoms with E-state index in [-0.39, 0.29) is 24.9 Å². The fourth-order valence-electron chi connectivity index (χ4n) is 2.44. The van der Waals surface area contributed by atoms with Crippen molar-refractivity contribution in [3.63, 3.8) is 0 Å². The van der Waals surface area contributed by atoms with Gasteiger partial charge >= 0.3 is 0 Å². The van der Waals surface area contributed by atoms with E-state index in [2.05, 4.69) is 20.9 Å². The van der Waals surface area contributed by atoms with Crippen LogP contribution in [0.3, 0.4) is 0 Å². The molecule has 0 unspecified atom stereocenters. The van der Waals surface area contributed by atoms with E-state index in [1.54, 1.807) is 23.1 Å². The van der Waals surface area contributed by atoms with Gasteiger partial charge in [0, 0.05) is 22.6 Å². The van der Waals surface area contributed by atoms with Crippen LogP contribution in [0.4, 0.5) is 5.13 Å². The van der Waals surface area contributed by atoms with Crippen LogP contribution in [0, 0.1) is 0 Å². The van der Waals surface area contributed by atoms with E-state index in [1.165, 1.54) is 11.3 Å². The van der Waals surface area contributed by atoms with Gasteiger partial charge in [0.1, 0.15) is 5.75 Å². The summed E-state index contributed by atoms with van der Waals surface area (Å²) in [6, 6.07) is 10.8. The first-order valence-corrected chi connectivity index (χ1v) is 10.8. The molecule has 3 aromatic rings. The van der Waals surface area contributed by atoms with Gasteiger partial charge in [0.2, 0.25) is 0 Å². The summed E-state index contributed by atoms with van der Waals surface area (Å²) in [4.78, 5) is 21.2. The number of thiazole rings is 1. The molecule has 0 saturated carbocycles. The number of carbonyl (C=O) groups excluding carboxylic acids is 1. The number of halogens is 4. The van der Waals surface area contributed by atoms with Crippen LogP contribution in [0.1, 0.15) is 0 Å². The zero-order valence-corrected chi connectivity index (χ0v) is 20.4. The Bertz CT molecular complexity index is 1000. The van der Waals surface area contributed by atoms with Crippen LogP contribution in [0.5, 0.6) is 5.75 Å². The van der Waals surface area contributed by atoms with Crippen molar-refractivity contribution in [3.05, 3.63) is 50.9 Å². The Morgan fingerprint density at radius 1 is 1.17 bits per heavy atom. The topological polar surface area (TPSA) is 45.7 Å². The van der Waals surface area contributed by atoms with Crippen molar-refractivity contribution in [2.45, 2.75) is 0 Å². The molecule has 2 aromatic carbocycles. The number of benzene rings is 2. The van der Waals surface area contributed by atoms with E-state index >= 15 is 0 Å². The Balaban J connectivity index is 0.00000300. The largest absolute Gasteiger partial charge is 0.482 e. The quantitative estimate of drug-likeness (QED) is 0.383. The van der Waals surface area contributed by atoms with Crippen molar-refractivity contribution in [3.8, 4) is 5.75 Å². The zero-order valence-electron chi connectivity index (χ0n) is 15.7. The summed E-state index contributed by atoms with van der Waals surface area (Å²) in [5, 5.41) is 1.52. The smallest absolute Gasteiger partial charge is 0.266 e. The van der Waals surface area contributed by atoms with Crippen molar-refractivity contribution >= 4 is 84.1 Å². The summed E-state index contributed by atoms with van der Waals surface area (Å²) in [5.74, 6) is 0.228. The van der Waals surface area contributed by atoms with Gasteiger partial charge in [-0.25, -0.2) is 4.98 Å². The molecule has 0 saturated heterocycles. The highest BCUT2D eigenvalue weighted by atomic mass is 79.9. The first-order valence-electron chi connectivity index (χ1n) is 8.42. The average Bonchev–Trinajstić information content (AvgIpc) is 3.03. The zero-order chi connectivity index (χ0) is 20.3. The first kappa shape index (κ1) is 24.2. The van der Waals surface area contributed by atoms with E-state index < -0.39 is 0 Å². The molecule has 29 heavy (non-hydrogen) atoms. The van der Waals surface area contributed by atoms with Crippen LogP contribution in [0.25, 0.3) is 10.2 Å². The third-order valence-electron chi connectivity index (χ3n) is 3.89. The number of rotatable bonds is 7. The number of hydrogen-bond acceptors (Lipinski definition) is 5. The summed E-state index contributed by atoms with van der Waals surface area (Å²) in [5.41, 5.74) is 0.854. The Labute approximate surface area is 198 Å². The number of aromatic nitrogens is 1. The molecule has 1 heterocycles. The SMILES string of the molecule is CN(C)CCN(C(=O)COc1ccc(Cl)cc1Cl)c1nc2ccc(Br)cc2s1.Cl. The van der Waals surface area contributed by atoms with Crippen LogP contribution >= 0.6 is 62.9 Å². The van der Waals surface area contributed by atoms with Gasteiger partial charge in [0.15, 0.2) is 11.7 Å². The maximum absolute atomic E-state index is 12.9. The monoisotopic (exact) mass is 537 g/mol. The summed E-state index contributed by atoms with van der Waals surface area (Å²) in [7, 11) is 3.92. The predicted octanol–water partition coefficient (Wildman–Crippen LogP) is 5.76. The van der Waals surface area contributed by atoms with E-state index in [0.29, 0.717) is 34.0 Å². The van der Waals surface area contributed by atoms with Gasteiger partial charge in [-0.05, 0) is 50.5 Å². The third-order valence-corrected chi connectivity index (χ3v) is 5.95. The van der Waals surface area contributed by atoms with Crippen molar-refractivity contribution in [1.29, 1.82) is 0 Å². The lowest BCUT2D eigenvalue weighted by Crippen LogP contribution is -2.39. The number of amides is 1. The van der Waals surface area contributed by atoms with E-state index in [0.717, 1.165) is 14.7 Å². The highest BCUT2D eigenvalue weighted by Crippen LogP contribution is 2.31. The molecular weight excluding hydrogens is 521 g/mol. The second-order valence-corrected chi connectivity index (χ2v) is 9.09. The van der Waals surface area contributed by atoms with Gasteiger partial charge in [0.05, 0.1) is 15.2 Å². The lowest BCUT2D eigenvalue weighted by atomic mass is 10.3. The second kappa shape index (κ2) is 10.8. The molecule has 0 bridgehead atoms. The summed E-state index contributed by atoms with van der Waals surface area (Å²) in [6.07, 6.45) is 0. The van der Waals surface area contributed by atoms with E-state index in [1.807, 2.05) is 37.2 Å². The fraction of sp³-hybridized carbons (Fsp3) is 0.263. The fourth-order valence-corrected chi connectivity index (χ4v) is 4.46. The molecule has 0 atom stereocenters. The molecule has 3 rings (SSSR count). The van der Waals surface area contributed by atoms with Gasteiger partial charge in [-0.2, -0.15) is 0 Å². The molecule has 0 fully saturated rings. The summed E-state index contributed by atoms with van der Waals surface area (Å²) in [6.45, 7) is 1.06. The van der Waals surface area contributed by atoms with Gasteiger partial charge in [-0.1, -0.05) is 50.5 Å². The standard InChI is InChI=1S/C19H18BrCl2N3O2S.ClH/c1-24(2)7-8-25(19-23-15-5-3-12(20)9-17(15)28-19)18(26)11-27-16-6-4-13(21)10-14(16)22;/h3-6,9-10H,7-8,11H2,1-2H3;1H. The molecule has 0 aliphatic rings. The molecule has 1 amide bonds. The number of likely N-dealkylation sites (N-methyl/N-ethyl adjacent to an activating group) is 1. The van der Waals surface area contributed by atoms with Gasteiger partial charge in [-0.15, -0.1) is 12.4 Å². The number of nitrogens with zero attached hydrogens (tertiary/aromatic N) is 3. The Hall–Kier alpha value is -1.09. The Kier molecular flexibility index (Phi) is 9.00. The Morgan fingerprint density at radius 2 is 1.93 bits per heavy atom. The molecule has 156 valence electrons. The normalized spacial score (nSPS) is 10.8. The van der Waals surface area contributed by atoms with Crippen LogP contribution in [-0.2, 0) is 4.79 Å². The maximum atomic E-state index is 12.9. The average molecular weight is 540 g/mol. The minimum atomic E-state index is -0.189. The van der Waals surface area contributed by atoms with Crippen molar-refractivity contribution in [1.82, 2.24) is 9.88 Å². The van der Waals surface area contributed by atoms with Crippen LogP contribution in [0.15, 0.2) is 40.9 Å². The highest BCUT2D eigenvalue weighted by Gasteiger charge is 2.21. The molecule has 10 heteroatoms. The minimum absolute atomic E-state index is 0. The first-order chi connectivity index (χ1) is 13.3. The number of ether oxygens (including phenoxy) is 1. The van der Waals surface area contributed by atoms with Crippen molar-refractivity contribution < 1.29 is 9.53 Å². The van der Waals surface area contributed by atoms with Gasteiger partial charge in [-0.3, -0.25) is 9.69 Å². The van der Waals surface area contributed by atoms with Crippen LogP contribution < -0.4 is 9.64 Å². The Morgan fingerprint density at radius 3 is 2.62 bits per heavy atom. The molecule has 0 N–H and O–H groups in total. The number of fused-ring (bicyclic) bond motifs is 1. The molecule has 0 aliphatic heterocycles. The van der Waals surface area contributed by atoms with Crippen molar-refractivity contribution in [2.75, 3.05) is 38.7 Å². The van der Waals surface area contributed by atoms with Gasteiger partial charge < -0.3 is 9.64 Å². The molecule has 0 spiro atoms. The van der Waals surface area contributed by atoms with Gasteiger partial charge in [0.25, 0.3) is 5.91 Å². The number of carbonyl (C=O) groups is 1. The molecular formula is C19H19BrCl3N3O2S. The lowest BCUT2D eigenvalue weighted by Gasteiger charge is -2.22. The highest BCUT2D eigenvalue weighted by molar-refractivity contribution is 9.10. The molecule has 0 aliphatic carbocycles. The third kappa shape index (κ3) is 6.44. The van der Waals surface area contributed by atoms with Crippen LogP contribution in [0.2, 0.25) is 10.0 Å². The summed E-state index contributed by atoms with van der Waals surface area (Å²) >= 11 is 17.0. The molecule has 5 nitrogen and oxygen atoms in total. The van der Waals surface area contributed by atoms with E-state index in [4.69, 9.17) is 27.9 Å². The molecule has 0 radical (unpaired) electrons. The molecule has 1 aromatic heterocycles. The summed E-state index contributed by atoms with van der Waals surface area (Å²) < 4.78 is 7.61. The maximum Gasteiger partial charge on any atom is 0.266 e. The lowest BCUT2D eigenvalue weighted by molar-refractivity contribution is -0.120. The minimum Gasteiger partial charge on any atom is -0.482 e. The van der Waals surface area contributed by atoms with E-state index in [9.17, 15) is 4.79 Å². The number of hydrogen-bond donors (Lipinski definition) is 0. The number of anilines is 1. The second-order valence-electron chi connectivity index (χ2n) is 6.32.